The number of hydrogen-bond donors (Lipinski definition) is 1. The molecule has 0 bridgehead atoms. The molecule has 1 fully saturated rings. The summed E-state index contributed by atoms with van der Waals surface area (Å²) in [4.78, 5) is 10.1. The van der Waals surface area contributed by atoms with Gasteiger partial charge < -0.3 is 20.0 Å². The highest BCUT2D eigenvalue weighted by molar-refractivity contribution is 5.85. The zero-order valence-corrected chi connectivity index (χ0v) is 13.2. The SMILES string of the molecule is CCCN1C=C(C)CC2=C1N1CN(OC)CC1=CN2.Cl. The molecule has 1 saturated heterocycles. The van der Waals surface area contributed by atoms with E-state index in [1.54, 1.807) is 7.11 Å². The molecule has 0 radical (unpaired) electrons. The second-order valence-electron chi connectivity index (χ2n) is 5.32. The summed E-state index contributed by atoms with van der Waals surface area (Å²) in [6.07, 6.45) is 6.53. The van der Waals surface area contributed by atoms with Crippen LogP contribution in [-0.4, -0.2) is 41.7 Å². The zero-order chi connectivity index (χ0) is 13.4. The molecule has 0 aliphatic carbocycles. The van der Waals surface area contributed by atoms with Gasteiger partial charge in [-0.2, -0.15) is 5.06 Å². The van der Waals surface area contributed by atoms with Gasteiger partial charge in [-0.25, -0.2) is 0 Å². The molecule has 0 unspecified atom stereocenters. The van der Waals surface area contributed by atoms with Gasteiger partial charge in [0.15, 0.2) is 0 Å². The van der Waals surface area contributed by atoms with Crippen molar-refractivity contribution in [1.82, 2.24) is 20.2 Å². The first kappa shape index (κ1) is 15.2. The average molecular weight is 299 g/mol. The fourth-order valence-corrected chi connectivity index (χ4v) is 2.93. The number of hydroxylamine groups is 2. The lowest BCUT2D eigenvalue weighted by atomic mass is 10.1. The van der Waals surface area contributed by atoms with Crippen LogP contribution in [0.2, 0.25) is 0 Å². The fraction of sp³-hybridized carbons (Fsp3) is 0.571. The van der Waals surface area contributed by atoms with Crippen molar-refractivity contribution in [3.05, 3.63) is 35.2 Å². The Bertz CT molecular complexity index is 472. The highest BCUT2D eigenvalue weighted by Crippen LogP contribution is 2.34. The zero-order valence-electron chi connectivity index (χ0n) is 12.3. The smallest absolute Gasteiger partial charge is 0.134 e. The Labute approximate surface area is 126 Å². The molecule has 3 aliphatic heterocycles. The van der Waals surface area contributed by atoms with Crippen molar-refractivity contribution >= 4 is 12.4 Å². The number of rotatable bonds is 3. The summed E-state index contributed by atoms with van der Waals surface area (Å²) in [6.45, 7) is 7.10. The molecule has 5 nitrogen and oxygen atoms in total. The van der Waals surface area contributed by atoms with Crippen LogP contribution >= 0.6 is 12.4 Å². The van der Waals surface area contributed by atoms with Gasteiger partial charge in [0, 0.05) is 25.4 Å². The summed E-state index contributed by atoms with van der Waals surface area (Å²) in [5.74, 6) is 1.30. The number of allylic oxidation sites excluding steroid dienone is 1. The van der Waals surface area contributed by atoms with Gasteiger partial charge in [-0.15, -0.1) is 12.4 Å². The van der Waals surface area contributed by atoms with Gasteiger partial charge in [0.05, 0.1) is 25.0 Å². The van der Waals surface area contributed by atoms with Crippen LogP contribution in [0.4, 0.5) is 0 Å². The number of fused-ring (bicyclic) bond motifs is 2. The lowest BCUT2D eigenvalue weighted by Gasteiger charge is -2.39. The molecular formula is C14H23ClN4O. The lowest BCUT2D eigenvalue weighted by molar-refractivity contribution is -0.121. The molecule has 0 aromatic rings. The van der Waals surface area contributed by atoms with Crippen LogP contribution in [0.5, 0.6) is 0 Å². The van der Waals surface area contributed by atoms with E-state index in [0.29, 0.717) is 0 Å². The average Bonchev–Trinajstić information content (AvgIpc) is 2.81. The molecule has 0 spiro atoms. The van der Waals surface area contributed by atoms with E-state index in [2.05, 4.69) is 41.4 Å². The molecule has 0 saturated carbocycles. The van der Waals surface area contributed by atoms with Gasteiger partial charge in [0.1, 0.15) is 12.5 Å². The summed E-state index contributed by atoms with van der Waals surface area (Å²) < 4.78 is 0. The van der Waals surface area contributed by atoms with Crippen LogP contribution < -0.4 is 5.32 Å². The van der Waals surface area contributed by atoms with Crippen LogP contribution in [0.25, 0.3) is 0 Å². The van der Waals surface area contributed by atoms with Crippen molar-refractivity contribution in [1.29, 1.82) is 0 Å². The molecule has 20 heavy (non-hydrogen) atoms. The summed E-state index contributed by atoms with van der Waals surface area (Å²) >= 11 is 0. The molecule has 6 heteroatoms. The van der Waals surface area contributed by atoms with Crippen LogP contribution in [0, 0.1) is 0 Å². The fourth-order valence-electron chi connectivity index (χ4n) is 2.93. The standard InChI is InChI=1S/C14H22N4O.ClH/c1-4-5-16-8-11(2)6-13-14(16)18-10-17(19-3)9-12(18)7-15-13;/h7-8,15H,4-6,9-10H2,1-3H3;1H. The largest absolute Gasteiger partial charge is 0.360 e. The molecular weight excluding hydrogens is 276 g/mol. The summed E-state index contributed by atoms with van der Waals surface area (Å²) in [7, 11) is 1.73. The van der Waals surface area contributed by atoms with E-state index in [0.717, 1.165) is 32.6 Å². The van der Waals surface area contributed by atoms with Crippen LogP contribution in [0.15, 0.2) is 35.2 Å². The van der Waals surface area contributed by atoms with Crippen molar-refractivity contribution in [2.45, 2.75) is 26.7 Å². The van der Waals surface area contributed by atoms with Crippen LogP contribution in [0.1, 0.15) is 26.7 Å². The molecule has 3 rings (SSSR count). The minimum Gasteiger partial charge on any atom is -0.360 e. The summed E-state index contributed by atoms with van der Waals surface area (Å²) in [5, 5.41) is 5.44. The molecule has 1 N–H and O–H groups in total. The second kappa shape index (κ2) is 6.08. The predicted molar refractivity (Wildman–Crippen MR) is 81.3 cm³/mol. The Hall–Kier alpha value is -1.17. The first-order chi connectivity index (χ1) is 9.22. The van der Waals surface area contributed by atoms with Crippen molar-refractivity contribution in [3.8, 4) is 0 Å². The maximum absolute atomic E-state index is 5.37. The quantitative estimate of drug-likeness (QED) is 0.863. The molecule has 0 aromatic heterocycles. The molecule has 3 heterocycles. The van der Waals surface area contributed by atoms with E-state index in [-0.39, 0.29) is 12.4 Å². The van der Waals surface area contributed by atoms with E-state index >= 15 is 0 Å². The van der Waals surface area contributed by atoms with Gasteiger partial charge in [-0.1, -0.05) is 12.5 Å². The topological polar surface area (TPSA) is 31.0 Å². The highest BCUT2D eigenvalue weighted by Gasteiger charge is 2.34. The van der Waals surface area contributed by atoms with E-state index in [1.165, 1.54) is 22.8 Å². The maximum Gasteiger partial charge on any atom is 0.134 e. The number of halogens is 1. The molecule has 3 aliphatic rings. The Morgan fingerprint density at radius 2 is 2.20 bits per heavy atom. The van der Waals surface area contributed by atoms with Gasteiger partial charge in [0.25, 0.3) is 0 Å². The number of nitrogens with zero attached hydrogens (tertiary/aromatic N) is 3. The van der Waals surface area contributed by atoms with Gasteiger partial charge >= 0.3 is 0 Å². The first-order valence-electron chi connectivity index (χ1n) is 6.92. The van der Waals surface area contributed by atoms with Crippen molar-refractivity contribution in [3.63, 3.8) is 0 Å². The molecule has 0 amide bonds. The van der Waals surface area contributed by atoms with Crippen molar-refractivity contribution < 1.29 is 4.84 Å². The number of nitrogens with one attached hydrogen (secondary N) is 1. The van der Waals surface area contributed by atoms with Crippen LogP contribution in [-0.2, 0) is 4.84 Å². The Kier molecular flexibility index (Phi) is 4.62. The summed E-state index contributed by atoms with van der Waals surface area (Å²) in [6, 6.07) is 0. The molecule has 112 valence electrons. The monoisotopic (exact) mass is 298 g/mol. The highest BCUT2D eigenvalue weighted by atomic mass is 35.5. The lowest BCUT2D eigenvalue weighted by Crippen LogP contribution is -2.40. The maximum atomic E-state index is 5.37. The van der Waals surface area contributed by atoms with E-state index in [4.69, 9.17) is 4.84 Å². The first-order valence-corrected chi connectivity index (χ1v) is 6.92. The second-order valence-corrected chi connectivity index (χ2v) is 5.32. The molecule has 0 atom stereocenters. The Morgan fingerprint density at radius 3 is 2.90 bits per heavy atom. The third-order valence-corrected chi connectivity index (χ3v) is 3.75. The predicted octanol–water partition coefficient (Wildman–Crippen LogP) is 2.18. The van der Waals surface area contributed by atoms with E-state index < -0.39 is 0 Å². The number of hydrogen-bond acceptors (Lipinski definition) is 5. The van der Waals surface area contributed by atoms with Gasteiger partial charge in [-0.05, 0) is 13.3 Å². The van der Waals surface area contributed by atoms with Crippen LogP contribution in [0.3, 0.4) is 0 Å². The normalized spacial score (nSPS) is 21.8. The Balaban J connectivity index is 0.00000147. The minimum atomic E-state index is 0. The van der Waals surface area contributed by atoms with E-state index in [9.17, 15) is 0 Å². The minimum absolute atomic E-state index is 0. The molecule has 0 aromatic carbocycles. The summed E-state index contributed by atoms with van der Waals surface area (Å²) in [5.41, 5.74) is 3.98. The third-order valence-electron chi connectivity index (χ3n) is 3.75. The van der Waals surface area contributed by atoms with Crippen molar-refractivity contribution in [2.24, 2.45) is 0 Å². The Morgan fingerprint density at radius 1 is 1.40 bits per heavy atom. The van der Waals surface area contributed by atoms with E-state index in [1.807, 2.05) is 5.06 Å². The van der Waals surface area contributed by atoms with Crippen molar-refractivity contribution in [2.75, 3.05) is 26.9 Å². The van der Waals surface area contributed by atoms with Gasteiger partial charge in [0.2, 0.25) is 0 Å². The van der Waals surface area contributed by atoms with Gasteiger partial charge in [-0.3, -0.25) is 0 Å². The third kappa shape index (κ3) is 2.53.